The highest BCUT2D eigenvalue weighted by Crippen LogP contribution is 2.25. The molecule has 0 bridgehead atoms. The van der Waals surface area contributed by atoms with Gasteiger partial charge in [-0.25, -0.2) is 8.42 Å². The van der Waals surface area contributed by atoms with Gasteiger partial charge in [0.15, 0.2) is 0 Å². The van der Waals surface area contributed by atoms with Crippen molar-refractivity contribution in [3.8, 4) is 0 Å². The molecule has 2 aliphatic heterocycles. The number of likely N-dealkylation sites (tertiary alicyclic amines) is 1. The third-order valence-corrected chi connectivity index (χ3v) is 7.47. The van der Waals surface area contributed by atoms with E-state index in [2.05, 4.69) is 6.92 Å². The molecule has 2 saturated heterocycles. The van der Waals surface area contributed by atoms with E-state index in [-0.39, 0.29) is 10.8 Å². The Bertz CT molecular complexity index is 807. The number of hydrogen-bond donors (Lipinski definition) is 0. The number of carboxylic acids is 1. The van der Waals surface area contributed by atoms with Crippen LogP contribution in [-0.2, 0) is 14.8 Å². The molecule has 7 nitrogen and oxygen atoms in total. The molecule has 148 valence electrons. The molecule has 2 heterocycles. The molecule has 1 amide bonds. The second-order valence-electron chi connectivity index (χ2n) is 7.50. The standard InChI is InChI=1S/C19H26N2O5S/c1-14-5-11-21(12-6-14)27(25,26)17-4-2-3-16(13-17)18(22)20-9-7-15(8-10-20)19(23)24/h2-4,13-15H,5-12H2,1H3,(H,23,24)/p-1. The molecule has 8 heteroatoms. The first-order chi connectivity index (χ1) is 12.8. The number of aliphatic carboxylic acids is 1. The van der Waals surface area contributed by atoms with Crippen LogP contribution in [0.2, 0.25) is 0 Å². The van der Waals surface area contributed by atoms with Crippen molar-refractivity contribution in [3.63, 3.8) is 0 Å². The van der Waals surface area contributed by atoms with Crippen molar-refractivity contribution in [1.29, 1.82) is 0 Å². The second-order valence-corrected chi connectivity index (χ2v) is 9.44. The molecule has 0 saturated carbocycles. The second kappa shape index (κ2) is 7.98. The van der Waals surface area contributed by atoms with Crippen LogP contribution in [0.5, 0.6) is 0 Å². The molecule has 0 spiro atoms. The zero-order valence-corrected chi connectivity index (χ0v) is 16.3. The number of sulfonamides is 1. The first-order valence-corrected chi connectivity index (χ1v) is 10.8. The van der Waals surface area contributed by atoms with Crippen LogP contribution < -0.4 is 5.11 Å². The number of hydrogen-bond acceptors (Lipinski definition) is 5. The van der Waals surface area contributed by atoms with Gasteiger partial charge in [-0.15, -0.1) is 0 Å². The van der Waals surface area contributed by atoms with E-state index in [4.69, 9.17) is 0 Å². The molecule has 0 radical (unpaired) electrons. The monoisotopic (exact) mass is 393 g/mol. The van der Waals surface area contributed by atoms with Gasteiger partial charge in [-0.2, -0.15) is 4.31 Å². The third kappa shape index (κ3) is 4.32. The first-order valence-electron chi connectivity index (χ1n) is 9.39. The fourth-order valence-corrected chi connectivity index (χ4v) is 5.18. The van der Waals surface area contributed by atoms with E-state index in [9.17, 15) is 23.1 Å². The number of carbonyl (C=O) groups excluding carboxylic acids is 2. The zero-order chi connectivity index (χ0) is 19.6. The average Bonchev–Trinajstić information content (AvgIpc) is 2.68. The number of amides is 1. The summed E-state index contributed by atoms with van der Waals surface area (Å²) in [6.45, 7) is 3.78. The van der Waals surface area contributed by atoms with Gasteiger partial charge in [0, 0.05) is 43.6 Å². The first kappa shape index (κ1) is 19.8. The van der Waals surface area contributed by atoms with Crippen molar-refractivity contribution in [2.45, 2.75) is 37.5 Å². The summed E-state index contributed by atoms with van der Waals surface area (Å²) in [5.41, 5.74) is 0.313. The molecule has 2 aliphatic rings. The summed E-state index contributed by atoms with van der Waals surface area (Å²) >= 11 is 0. The molecule has 27 heavy (non-hydrogen) atoms. The number of rotatable bonds is 4. The smallest absolute Gasteiger partial charge is 0.253 e. The average molecular weight is 393 g/mol. The van der Waals surface area contributed by atoms with Crippen LogP contribution in [0.4, 0.5) is 0 Å². The minimum absolute atomic E-state index is 0.132. The molecule has 0 aliphatic carbocycles. The molecule has 0 aromatic heterocycles. The van der Waals surface area contributed by atoms with Crippen LogP contribution in [-0.4, -0.2) is 55.7 Å². The predicted molar refractivity (Wildman–Crippen MR) is 97.2 cm³/mol. The molecule has 1 aromatic carbocycles. The Morgan fingerprint density at radius 2 is 1.67 bits per heavy atom. The normalized spacial score (nSPS) is 20.6. The van der Waals surface area contributed by atoms with E-state index < -0.39 is 21.9 Å². The van der Waals surface area contributed by atoms with Crippen LogP contribution >= 0.6 is 0 Å². The molecule has 0 atom stereocenters. The summed E-state index contributed by atoms with van der Waals surface area (Å²) < 4.78 is 27.3. The molecule has 0 N–H and O–H groups in total. The summed E-state index contributed by atoms with van der Waals surface area (Å²) in [5, 5.41) is 10.9. The Hall–Kier alpha value is -1.93. The maximum Gasteiger partial charge on any atom is 0.253 e. The third-order valence-electron chi connectivity index (χ3n) is 5.58. The lowest BCUT2D eigenvalue weighted by atomic mass is 9.96. The summed E-state index contributed by atoms with van der Waals surface area (Å²) in [4.78, 5) is 25.4. The van der Waals surface area contributed by atoms with Gasteiger partial charge in [0.2, 0.25) is 10.0 Å². The van der Waals surface area contributed by atoms with E-state index in [0.717, 1.165) is 12.8 Å². The van der Waals surface area contributed by atoms with Gasteiger partial charge in [-0.05, 0) is 49.8 Å². The van der Waals surface area contributed by atoms with Crippen LogP contribution in [0.1, 0.15) is 43.0 Å². The lowest BCUT2D eigenvalue weighted by Gasteiger charge is -2.32. The molecular formula is C19H25N2O5S-. The van der Waals surface area contributed by atoms with E-state index in [1.54, 1.807) is 17.0 Å². The largest absolute Gasteiger partial charge is 0.550 e. The van der Waals surface area contributed by atoms with E-state index in [0.29, 0.717) is 50.5 Å². The minimum atomic E-state index is -3.62. The summed E-state index contributed by atoms with van der Waals surface area (Å²) in [6.07, 6.45) is 2.40. The van der Waals surface area contributed by atoms with Crippen LogP contribution in [0.3, 0.4) is 0 Å². The van der Waals surface area contributed by atoms with Crippen LogP contribution in [0.25, 0.3) is 0 Å². The number of piperidine rings is 2. The Kier molecular flexibility index (Phi) is 5.86. The van der Waals surface area contributed by atoms with Gasteiger partial charge in [0.1, 0.15) is 0 Å². The summed E-state index contributed by atoms with van der Waals surface area (Å²) in [5.74, 6) is -1.35. The van der Waals surface area contributed by atoms with Crippen LogP contribution in [0.15, 0.2) is 29.2 Å². The SMILES string of the molecule is CC1CCN(S(=O)(=O)c2cccc(C(=O)N3CCC(C(=O)[O-])CC3)c2)CC1. The molecule has 2 fully saturated rings. The number of benzene rings is 1. The van der Waals surface area contributed by atoms with Gasteiger partial charge in [0.25, 0.3) is 5.91 Å². The number of nitrogens with zero attached hydrogens (tertiary/aromatic N) is 2. The van der Waals surface area contributed by atoms with E-state index >= 15 is 0 Å². The van der Waals surface area contributed by atoms with Crippen LogP contribution in [0, 0.1) is 11.8 Å². The highest BCUT2D eigenvalue weighted by molar-refractivity contribution is 7.89. The predicted octanol–water partition coefficient (Wildman–Crippen LogP) is 0.709. The fraction of sp³-hybridized carbons (Fsp3) is 0.579. The van der Waals surface area contributed by atoms with Gasteiger partial charge in [-0.1, -0.05) is 13.0 Å². The zero-order valence-electron chi connectivity index (χ0n) is 15.5. The van der Waals surface area contributed by atoms with E-state index in [1.807, 2.05) is 0 Å². The van der Waals surface area contributed by atoms with Crippen molar-refractivity contribution in [2.24, 2.45) is 11.8 Å². The van der Waals surface area contributed by atoms with Gasteiger partial charge < -0.3 is 14.8 Å². The molecule has 3 rings (SSSR count). The minimum Gasteiger partial charge on any atom is -0.550 e. The topological polar surface area (TPSA) is 97.8 Å². The van der Waals surface area contributed by atoms with Crippen molar-refractivity contribution < 1.29 is 23.1 Å². The van der Waals surface area contributed by atoms with Gasteiger partial charge in [0.05, 0.1) is 4.90 Å². The lowest BCUT2D eigenvalue weighted by Crippen LogP contribution is -2.43. The lowest BCUT2D eigenvalue weighted by molar-refractivity contribution is -0.312. The highest BCUT2D eigenvalue weighted by atomic mass is 32.2. The van der Waals surface area contributed by atoms with Crippen molar-refractivity contribution >= 4 is 21.9 Å². The Morgan fingerprint density at radius 3 is 2.26 bits per heavy atom. The Labute approximate surface area is 160 Å². The van der Waals surface area contributed by atoms with Crippen molar-refractivity contribution in [1.82, 2.24) is 9.21 Å². The van der Waals surface area contributed by atoms with Crippen molar-refractivity contribution in [3.05, 3.63) is 29.8 Å². The maximum atomic E-state index is 12.9. The highest BCUT2D eigenvalue weighted by Gasteiger charge is 2.29. The molecule has 1 aromatic rings. The number of carboxylic acid groups (broad SMARTS) is 1. The Balaban J connectivity index is 1.73. The molecule has 0 unspecified atom stereocenters. The van der Waals surface area contributed by atoms with Gasteiger partial charge >= 0.3 is 0 Å². The quantitative estimate of drug-likeness (QED) is 0.750. The summed E-state index contributed by atoms with van der Waals surface area (Å²) in [6, 6.07) is 6.14. The Morgan fingerprint density at radius 1 is 1.04 bits per heavy atom. The molecular weight excluding hydrogens is 368 g/mol. The maximum absolute atomic E-state index is 12.9. The fourth-order valence-electron chi connectivity index (χ4n) is 3.66. The van der Waals surface area contributed by atoms with Crippen molar-refractivity contribution in [2.75, 3.05) is 26.2 Å². The number of carbonyl (C=O) groups is 2. The summed E-state index contributed by atoms with van der Waals surface area (Å²) in [7, 11) is -3.62. The van der Waals surface area contributed by atoms with E-state index in [1.165, 1.54) is 16.4 Å². The van der Waals surface area contributed by atoms with Gasteiger partial charge in [-0.3, -0.25) is 4.79 Å².